The van der Waals surface area contributed by atoms with Crippen LogP contribution in [-0.2, 0) is 4.74 Å². The van der Waals surface area contributed by atoms with Gasteiger partial charge in [0.15, 0.2) is 0 Å². The molecule has 14 heavy (non-hydrogen) atoms. The Labute approximate surface area is 87.4 Å². The molecule has 3 heteroatoms. The van der Waals surface area contributed by atoms with E-state index in [1.54, 1.807) is 0 Å². The lowest BCUT2D eigenvalue weighted by Gasteiger charge is -2.29. The Morgan fingerprint density at radius 2 is 2.14 bits per heavy atom. The number of ether oxygens (including phenoxy) is 1. The number of nitrogens with two attached hydrogens (primary N) is 1. The smallest absolute Gasteiger partial charge is 0.0594 e. The van der Waals surface area contributed by atoms with Gasteiger partial charge in [-0.05, 0) is 39.5 Å². The number of hydrogen-bond acceptors (Lipinski definition) is 3. The van der Waals surface area contributed by atoms with E-state index in [2.05, 4.69) is 26.1 Å². The summed E-state index contributed by atoms with van der Waals surface area (Å²) in [5.74, 6) is 0.784. The van der Waals surface area contributed by atoms with Gasteiger partial charge in [0.2, 0.25) is 0 Å². The number of hydrogen-bond donors (Lipinski definition) is 2. The number of rotatable bonds is 7. The lowest BCUT2D eigenvalue weighted by molar-refractivity contribution is 0.0755. The van der Waals surface area contributed by atoms with E-state index in [0.717, 1.165) is 25.6 Å². The van der Waals surface area contributed by atoms with Crippen LogP contribution in [0, 0.1) is 5.92 Å². The van der Waals surface area contributed by atoms with Gasteiger partial charge in [-0.15, -0.1) is 0 Å². The highest BCUT2D eigenvalue weighted by molar-refractivity contribution is 4.98. The lowest BCUT2D eigenvalue weighted by atomic mass is 9.96. The topological polar surface area (TPSA) is 47.3 Å². The Balaban J connectivity index is 2.14. The molecule has 0 heterocycles. The fraction of sp³-hybridized carbons (Fsp3) is 1.00. The van der Waals surface area contributed by atoms with E-state index in [1.807, 2.05) is 0 Å². The predicted molar refractivity (Wildman–Crippen MR) is 59.3 cm³/mol. The molecule has 3 nitrogen and oxygen atoms in total. The molecule has 0 radical (unpaired) electrons. The Hall–Kier alpha value is -0.120. The maximum Gasteiger partial charge on any atom is 0.0594 e. The highest BCUT2D eigenvalue weighted by atomic mass is 16.5. The third-order valence-electron chi connectivity index (χ3n) is 2.98. The van der Waals surface area contributed by atoms with E-state index in [1.165, 1.54) is 12.8 Å². The maximum atomic E-state index is 5.79. The normalized spacial score (nSPS) is 21.2. The van der Waals surface area contributed by atoms with E-state index in [0.29, 0.717) is 6.10 Å². The van der Waals surface area contributed by atoms with Crippen LogP contribution in [0.1, 0.15) is 33.6 Å². The number of nitrogens with one attached hydrogen (secondary N) is 1. The minimum absolute atomic E-state index is 0.139. The molecular formula is C11H24N2O. The first-order valence-electron chi connectivity index (χ1n) is 5.65. The first-order valence-corrected chi connectivity index (χ1v) is 5.65. The summed E-state index contributed by atoms with van der Waals surface area (Å²) in [5.41, 5.74) is 5.93. The van der Waals surface area contributed by atoms with Gasteiger partial charge < -0.3 is 15.8 Å². The zero-order valence-corrected chi connectivity index (χ0v) is 9.68. The Bertz CT molecular complexity index is 169. The van der Waals surface area contributed by atoms with Gasteiger partial charge in [-0.1, -0.05) is 0 Å². The highest BCUT2D eigenvalue weighted by Gasteiger charge is 2.39. The standard InChI is InChI=1S/C11H24N2O/c1-9(2)14-7-6-13-11(3,8-12)10-4-5-10/h9-10,13H,4-8,12H2,1-3H3. The molecule has 1 fully saturated rings. The first-order chi connectivity index (χ1) is 6.58. The molecular weight excluding hydrogens is 176 g/mol. The van der Waals surface area contributed by atoms with Crippen molar-refractivity contribution in [3.8, 4) is 0 Å². The molecule has 1 unspecified atom stereocenters. The summed E-state index contributed by atoms with van der Waals surface area (Å²) in [5, 5.41) is 3.51. The van der Waals surface area contributed by atoms with E-state index in [4.69, 9.17) is 10.5 Å². The molecule has 0 amide bonds. The average molecular weight is 200 g/mol. The van der Waals surface area contributed by atoms with Crippen LogP contribution in [0.2, 0.25) is 0 Å². The van der Waals surface area contributed by atoms with Gasteiger partial charge in [-0.2, -0.15) is 0 Å². The van der Waals surface area contributed by atoms with Crippen LogP contribution in [0.15, 0.2) is 0 Å². The summed E-state index contributed by atoms with van der Waals surface area (Å²) in [4.78, 5) is 0. The van der Waals surface area contributed by atoms with Gasteiger partial charge in [0.25, 0.3) is 0 Å². The molecule has 1 saturated carbocycles. The van der Waals surface area contributed by atoms with Crippen molar-refractivity contribution in [1.29, 1.82) is 0 Å². The van der Waals surface area contributed by atoms with Crippen molar-refractivity contribution in [2.45, 2.75) is 45.3 Å². The Morgan fingerprint density at radius 1 is 1.50 bits per heavy atom. The summed E-state index contributed by atoms with van der Waals surface area (Å²) in [7, 11) is 0. The predicted octanol–water partition coefficient (Wildman–Crippen LogP) is 1.13. The zero-order chi connectivity index (χ0) is 10.6. The molecule has 1 aliphatic carbocycles. The van der Waals surface area contributed by atoms with Crippen molar-refractivity contribution < 1.29 is 4.74 Å². The van der Waals surface area contributed by atoms with Gasteiger partial charge in [0.1, 0.15) is 0 Å². The van der Waals surface area contributed by atoms with Gasteiger partial charge in [-0.3, -0.25) is 0 Å². The molecule has 1 rings (SSSR count). The molecule has 1 aliphatic rings. The van der Waals surface area contributed by atoms with Gasteiger partial charge in [0.05, 0.1) is 12.7 Å². The molecule has 0 saturated heterocycles. The minimum Gasteiger partial charge on any atom is -0.377 e. The van der Waals surface area contributed by atoms with Crippen molar-refractivity contribution in [3.63, 3.8) is 0 Å². The van der Waals surface area contributed by atoms with Crippen molar-refractivity contribution in [2.24, 2.45) is 11.7 Å². The van der Waals surface area contributed by atoms with E-state index in [-0.39, 0.29) is 5.54 Å². The van der Waals surface area contributed by atoms with Crippen LogP contribution in [0.5, 0.6) is 0 Å². The van der Waals surface area contributed by atoms with Crippen molar-refractivity contribution in [1.82, 2.24) is 5.32 Å². The molecule has 0 spiro atoms. The largest absolute Gasteiger partial charge is 0.377 e. The summed E-state index contributed by atoms with van der Waals surface area (Å²) in [6.07, 6.45) is 2.97. The van der Waals surface area contributed by atoms with Crippen LogP contribution in [0.3, 0.4) is 0 Å². The second kappa shape index (κ2) is 5.10. The van der Waals surface area contributed by atoms with Gasteiger partial charge >= 0.3 is 0 Å². The van der Waals surface area contributed by atoms with Crippen molar-refractivity contribution in [3.05, 3.63) is 0 Å². The quantitative estimate of drug-likeness (QED) is 0.606. The van der Waals surface area contributed by atoms with Crippen molar-refractivity contribution in [2.75, 3.05) is 19.7 Å². The molecule has 3 N–H and O–H groups in total. The van der Waals surface area contributed by atoms with Gasteiger partial charge in [-0.25, -0.2) is 0 Å². The Morgan fingerprint density at radius 3 is 2.57 bits per heavy atom. The molecule has 0 aromatic carbocycles. The average Bonchev–Trinajstić information content (AvgIpc) is 2.95. The summed E-state index contributed by atoms with van der Waals surface area (Å²) >= 11 is 0. The molecule has 0 aromatic rings. The molecule has 0 aliphatic heterocycles. The molecule has 1 atom stereocenters. The van der Waals surface area contributed by atoms with Crippen LogP contribution in [0.4, 0.5) is 0 Å². The van der Waals surface area contributed by atoms with Crippen molar-refractivity contribution >= 4 is 0 Å². The lowest BCUT2D eigenvalue weighted by Crippen LogP contribution is -2.51. The van der Waals surface area contributed by atoms with Crippen LogP contribution < -0.4 is 11.1 Å². The van der Waals surface area contributed by atoms with Crippen LogP contribution >= 0.6 is 0 Å². The SMILES string of the molecule is CC(C)OCCNC(C)(CN)C1CC1. The fourth-order valence-corrected chi connectivity index (χ4v) is 1.73. The van der Waals surface area contributed by atoms with E-state index < -0.39 is 0 Å². The summed E-state index contributed by atoms with van der Waals surface area (Å²) < 4.78 is 5.48. The van der Waals surface area contributed by atoms with E-state index >= 15 is 0 Å². The highest BCUT2D eigenvalue weighted by Crippen LogP contribution is 2.38. The second-order valence-electron chi connectivity index (χ2n) is 4.74. The van der Waals surface area contributed by atoms with Gasteiger partial charge in [0, 0.05) is 18.6 Å². The zero-order valence-electron chi connectivity index (χ0n) is 9.68. The summed E-state index contributed by atoms with van der Waals surface area (Å²) in [6, 6.07) is 0. The van der Waals surface area contributed by atoms with Crippen LogP contribution in [-0.4, -0.2) is 31.3 Å². The Kier molecular flexibility index (Phi) is 4.35. The third-order valence-corrected chi connectivity index (χ3v) is 2.98. The molecule has 0 aromatic heterocycles. The minimum atomic E-state index is 0.139. The van der Waals surface area contributed by atoms with Crippen LogP contribution in [0.25, 0.3) is 0 Å². The molecule has 0 bridgehead atoms. The third kappa shape index (κ3) is 3.56. The maximum absolute atomic E-state index is 5.79. The first kappa shape index (κ1) is 12.0. The fourth-order valence-electron chi connectivity index (χ4n) is 1.73. The monoisotopic (exact) mass is 200 g/mol. The summed E-state index contributed by atoms with van der Waals surface area (Å²) in [6.45, 7) is 8.74. The van der Waals surface area contributed by atoms with E-state index in [9.17, 15) is 0 Å². The second-order valence-corrected chi connectivity index (χ2v) is 4.74. The molecule has 84 valence electrons.